The highest BCUT2D eigenvalue weighted by Gasteiger charge is 2.28. The van der Waals surface area contributed by atoms with Crippen LogP contribution in [-0.2, 0) is 6.54 Å². The van der Waals surface area contributed by atoms with Crippen molar-refractivity contribution in [1.82, 2.24) is 9.80 Å². The van der Waals surface area contributed by atoms with Gasteiger partial charge in [0.25, 0.3) is 0 Å². The van der Waals surface area contributed by atoms with Crippen LogP contribution in [0.4, 0.5) is 0 Å². The summed E-state index contributed by atoms with van der Waals surface area (Å²) >= 11 is 0. The number of piperazine rings is 1. The zero-order valence-corrected chi connectivity index (χ0v) is 12.3. The van der Waals surface area contributed by atoms with Crippen LogP contribution in [0.25, 0.3) is 0 Å². The Balaban J connectivity index is 1.92. The lowest BCUT2D eigenvalue weighted by Gasteiger charge is -2.44. The molecule has 2 atom stereocenters. The van der Waals surface area contributed by atoms with Crippen LogP contribution in [0.5, 0.6) is 0 Å². The molecule has 19 heavy (non-hydrogen) atoms. The maximum Gasteiger partial charge on any atom is 0.0240 e. The van der Waals surface area contributed by atoms with Gasteiger partial charge in [-0.25, -0.2) is 0 Å². The van der Waals surface area contributed by atoms with Crippen LogP contribution in [0.1, 0.15) is 25.8 Å². The van der Waals surface area contributed by atoms with Crippen LogP contribution in [0.2, 0.25) is 0 Å². The monoisotopic (exact) mass is 261 g/mol. The third kappa shape index (κ3) is 4.03. The maximum absolute atomic E-state index is 5.61. The van der Waals surface area contributed by atoms with E-state index in [-0.39, 0.29) is 0 Å². The van der Waals surface area contributed by atoms with Crippen molar-refractivity contribution < 1.29 is 0 Å². The smallest absolute Gasteiger partial charge is 0.0240 e. The van der Waals surface area contributed by atoms with E-state index in [1.165, 1.54) is 5.56 Å². The molecule has 3 nitrogen and oxygen atoms in total. The fourth-order valence-corrected chi connectivity index (χ4v) is 3.07. The van der Waals surface area contributed by atoms with Crippen LogP contribution < -0.4 is 5.73 Å². The lowest BCUT2D eigenvalue weighted by atomic mass is 10.1. The second-order valence-electron chi connectivity index (χ2n) is 5.76. The first-order chi connectivity index (χ1) is 9.20. The van der Waals surface area contributed by atoms with Gasteiger partial charge in [-0.2, -0.15) is 0 Å². The zero-order chi connectivity index (χ0) is 13.7. The summed E-state index contributed by atoms with van der Waals surface area (Å²) in [4.78, 5) is 5.18. The van der Waals surface area contributed by atoms with Gasteiger partial charge in [0.1, 0.15) is 0 Å². The number of nitrogens with two attached hydrogens (primary N) is 1. The molecule has 0 saturated carbocycles. The number of nitrogens with zero attached hydrogens (tertiary/aromatic N) is 2. The van der Waals surface area contributed by atoms with E-state index in [1.807, 2.05) is 0 Å². The van der Waals surface area contributed by atoms with Crippen molar-refractivity contribution in [2.75, 3.05) is 26.2 Å². The van der Waals surface area contributed by atoms with Crippen LogP contribution in [-0.4, -0.2) is 48.1 Å². The minimum Gasteiger partial charge on any atom is -0.330 e. The van der Waals surface area contributed by atoms with Crippen LogP contribution in [0.15, 0.2) is 30.3 Å². The lowest BCUT2D eigenvalue weighted by molar-refractivity contribution is 0.0327. The first-order valence-electron chi connectivity index (χ1n) is 7.42. The number of hydrogen-bond acceptors (Lipinski definition) is 3. The summed E-state index contributed by atoms with van der Waals surface area (Å²) in [5.41, 5.74) is 7.02. The van der Waals surface area contributed by atoms with Crippen LogP contribution in [0, 0.1) is 0 Å². The number of hydrogen-bond donors (Lipinski definition) is 1. The van der Waals surface area contributed by atoms with Gasteiger partial charge in [0, 0.05) is 31.7 Å². The van der Waals surface area contributed by atoms with Gasteiger partial charge in [-0.05, 0) is 38.9 Å². The Labute approximate surface area is 117 Å². The van der Waals surface area contributed by atoms with Gasteiger partial charge in [-0.3, -0.25) is 4.90 Å². The Bertz CT molecular complexity index is 354. The first kappa shape index (κ1) is 14.5. The summed E-state index contributed by atoms with van der Waals surface area (Å²) in [6.07, 6.45) is 1.11. The topological polar surface area (TPSA) is 32.5 Å². The molecule has 2 rings (SSSR count). The standard InChI is InChI=1S/C16H27N3/c1-14-11-18(10-6-9-17)12-15(2)19(14)13-16-7-4-3-5-8-16/h3-5,7-8,14-15H,6,9-13,17H2,1-2H3/t14-,15+. The van der Waals surface area contributed by atoms with E-state index in [1.54, 1.807) is 0 Å². The van der Waals surface area contributed by atoms with Crippen molar-refractivity contribution in [3.63, 3.8) is 0 Å². The fraction of sp³-hybridized carbons (Fsp3) is 0.625. The van der Waals surface area contributed by atoms with Crippen LogP contribution >= 0.6 is 0 Å². The van der Waals surface area contributed by atoms with Crippen molar-refractivity contribution in [2.45, 2.75) is 38.9 Å². The van der Waals surface area contributed by atoms with Gasteiger partial charge >= 0.3 is 0 Å². The predicted octanol–water partition coefficient (Wildman–Crippen LogP) is 1.93. The molecule has 3 heteroatoms. The van der Waals surface area contributed by atoms with Gasteiger partial charge < -0.3 is 10.6 Å². The average Bonchev–Trinajstić information content (AvgIpc) is 2.42. The van der Waals surface area contributed by atoms with Crippen molar-refractivity contribution in [1.29, 1.82) is 0 Å². The molecule has 0 radical (unpaired) electrons. The molecule has 0 bridgehead atoms. The molecule has 0 amide bonds. The molecule has 1 saturated heterocycles. The molecule has 1 aliphatic heterocycles. The minimum absolute atomic E-state index is 0.613. The first-order valence-corrected chi connectivity index (χ1v) is 7.42. The lowest BCUT2D eigenvalue weighted by Crippen LogP contribution is -2.56. The molecule has 0 unspecified atom stereocenters. The molecule has 1 aliphatic rings. The van der Waals surface area contributed by atoms with E-state index in [4.69, 9.17) is 5.73 Å². The van der Waals surface area contributed by atoms with Gasteiger partial charge in [0.05, 0.1) is 0 Å². The number of rotatable bonds is 5. The Morgan fingerprint density at radius 2 is 1.74 bits per heavy atom. The number of benzene rings is 1. The molecule has 1 aromatic rings. The summed E-state index contributed by atoms with van der Waals surface area (Å²) in [5, 5.41) is 0. The van der Waals surface area contributed by atoms with Crippen molar-refractivity contribution >= 4 is 0 Å². The summed E-state index contributed by atoms with van der Waals surface area (Å²) < 4.78 is 0. The summed E-state index contributed by atoms with van der Waals surface area (Å²) in [6, 6.07) is 12.0. The van der Waals surface area contributed by atoms with Crippen molar-refractivity contribution in [3.05, 3.63) is 35.9 Å². The van der Waals surface area contributed by atoms with Crippen LogP contribution in [0.3, 0.4) is 0 Å². The Morgan fingerprint density at radius 1 is 1.11 bits per heavy atom. The Kier molecular flexibility index (Phi) is 5.37. The second kappa shape index (κ2) is 7.04. The van der Waals surface area contributed by atoms with Crippen molar-refractivity contribution in [2.24, 2.45) is 5.73 Å². The Morgan fingerprint density at radius 3 is 2.32 bits per heavy atom. The van der Waals surface area contributed by atoms with Gasteiger partial charge in [-0.1, -0.05) is 30.3 Å². The summed E-state index contributed by atoms with van der Waals surface area (Å²) in [5.74, 6) is 0. The third-order valence-corrected chi connectivity index (χ3v) is 4.06. The molecule has 0 aliphatic carbocycles. The minimum atomic E-state index is 0.613. The highest BCUT2D eigenvalue weighted by molar-refractivity contribution is 5.15. The normalized spacial score (nSPS) is 25.6. The summed E-state index contributed by atoms with van der Waals surface area (Å²) in [7, 11) is 0. The fourth-order valence-electron chi connectivity index (χ4n) is 3.07. The third-order valence-electron chi connectivity index (χ3n) is 4.06. The molecule has 0 aromatic heterocycles. The molecule has 2 N–H and O–H groups in total. The molecule has 1 aromatic carbocycles. The quantitative estimate of drug-likeness (QED) is 0.879. The zero-order valence-electron chi connectivity index (χ0n) is 12.3. The molecular weight excluding hydrogens is 234 g/mol. The summed E-state index contributed by atoms with van der Waals surface area (Å²) in [6.45, 7) is 10.0. The molecule has 0 spiro atoms. The predicted molar refractivity (Wildman–Crippen MR) is 81.0 cm³/mol. The van der Waals surface area contributed by atoms with E-state index in [2.05, 4.69) is 54.0 Å². The highest BCUT2D eigenvalue weighted by atomic mass is 15.3. The van der Waals surface area contributed by atoms with Gasteiger partial charge in [-0.15, -0.1) is 0 Å². The van der Waals surface area contributed by atoms with Gasteiger partial charge in [0.2, 0.25) is 0 Å². The van der Waals surface area contributed by atoms with E-state index in [9.17, 15) is 0 Å². The molecular formula is C16H27N3. The maximum atomic E-state index is 5.61. The van der Waals surface area contributed by atoms with E-state index < -0.39 is 0 Å². The molecule has 1 heterocycles. The van der Waals surface area contributed by atoms with E-state index >= 15 is 0 Å². The highest BCUT2D eigenvalue weighted by Crippen LogP contribution is 2.18. The second-order valence-corrected chi connectivity index (χ2v) is 5.76. The molecule has 106 valence electrons. The van der Waals surface area contributed by atoms with Gasteiger partial charge in [0.15, 0.2) is 0 Å². The SMILES string of the molecule is C[C@@H]1CN(CCCN)C[C@H](C)N1Cc1ccccc1. The Hall–Kier alpha value is -0.900. The van der Waals surface area contributed by atoms with Crippen molar-refractivity contribution in [3.8, 4) is 0 Å². The largest absolute Gasteiger partial charge is 0.330 e. The van der Waals surface area contributed by atoms with E-state index in [0.717, 1.165) is 39.1 Å². The van der Waals surface area contributed by atoms with E-state index in [0.29, 0.717) is 12.1 Å². The average molecular weight is 261 g/mol. The molecule has 1 fully saturated rings.